The fraction of sp³-hybridized carbons (Fsp3) is 1.00. The molecule has 0 amide bonds. The molecule has 0 unspecified atom stereocenters. The van der Waals surface area contributed by atoms with Crippen LogP contribution in [-0.2, 0) is 9.84 Å². The highest BCUT2D eigenvalue weighted by Crippen LogP contribution is 2.21. The van der Waals surface area contributed by atoms with Crippen LogP contribution >= 0.6 is 0 Å². The predicted molar refractivity (Wildman–Crippen MR) is 59.6 cm³/mol. The Labute approximate surface area is 99.7 Å². The Bertz CT molecular complexity index is 321. The van der Waals surface area contributed by atoms with Gasteiger partial charge >= 0.3 is 6.18 Å². The van der Waals surface area contributed by atoms with Gasteiger partial charge in [0.15, 0.2) is 0 Å². The molecule has 0 bridgehead atoms. The highest BCUT2D eigenvalue weighted by atomic mass is 32.2. The number of hydrogen-bond donors (Lipinski definition) is 1. The average Bonchev–Trinajstić information content (AvgIpc) is 2.64. The van der Waals surface area contributed by atoms with Gasteiger partial charge in [0.1, 0.15) is 9.84 Å². The van der Waals surface area contributed by atoms with Crippen LogP contribution in [0.3, 0.4) is 0 Å². The van der Waals surface area contributed by atoms with Gasteiger partial charge in [-0.1, -0.05) is 0 Å². The van der Waals surface area contributed by atoms with Crippen LogP contribution in [0.15, 0.2) is 0 Å². The van der Waals surface area contributed by atoms with Crippen LogP contribution in [0.1, 0.15) is 32.1 Å². The molecule has 0 aromatic heterocycles. The highest BCUT2D eigenvalue weighted by Gasteiger charge is 2.27. The third kappa shape index (κ3) is 6.88. The van der Waals surface area contributed by atoms with E-state index in [-0.39, 0.29) is 24.0 Å². The maximum absolute atomic E-state index is 11.9. The zero-order valence-corrected chi connectivity index (χ0v) is 10.4. The molecular formula is C10H18F3NO2S. The third-order valence-corrected chi connectivity index (χ3v) is 4.62. The van der Waals surface area contributed by atoms with E-state index in [9.17, 15) is 21.6 Å². The Morgan fingerprint density at radius 1 is 1.24 bits per heavy atom. The minimum absolute atomic E-state index is 0.0114. The zero-order valence-electron chi connectivity index (χ0n) is 9.59. The molecule has 1 heterocycles. The molecule has 0 spiro atoms. The van der Waals surface area contributed by atoms with E-state index < -0.39 is 22.4 Å². The van der Waals surface area contributed by atoms with E-state index in [0.29, 0.717) is 6.42 Å². The molecule has 1 aliphatic rings. The molecule has 1 rings (SSSR count). The standard InChI is InChI=1S/C10H18F3NO2S/c11-10(12,13)5-2-7-17(15,16)8-4-9-3-1-6-14-9/h9,14H,1-8H2/t9-/m1/s1. The number of rotatable bonds is 6. The van der Waals surface area contributed by atoms with Gasteiger partial charge in [-0.2, -0.15) is 13.2 Å². The molecule has 0 saturated carbocycles. The van der Waals surface area contributed by atoms with E-state index in [0.717, 1.165) is 19.4 Å². The lowest BCUT2D eigenvalue weighted by atomic mass is 10.2. The molecule has 3 nitrogen and oxygen atoms in total. The molecule has 1 fully saturated rings. The molecule has 0 aromatic carbocycles. The summed E-state index contributed by atoms with van der Waals surface area (Å²) >= 11 is 0. The van der Waals surface area contributed by atoms with Crippen molar-refractivity contribution in [3.8, 4) is 0 Å². The number of alkyl halides is 3. The first-order valence-corrected chi connectivity index (χ1v) is 7.61. The topological polar surface area (TPSA) is 46.2 Å². The predicted octanol–water partition coefficient (Wildman–Crippen LogP) is 1.89. The van der Waals surface area contributed by atoms with Gasteiger partial charge < -0.3 is 5.32 Å². The molecule has 1 N–H and O–H groups in total. The smallest absolute Gasteiger partial charge is 0.314 e. The number of hydrogen-bond acceptors (Lipinski definition) is 3. The van der Waals surface area contributed by atoms with Crippen LogP contribution in [0, 0.1) is 0 Å². The van der Waals surface area contributed by atoms with Crippen LogP contribution in [0.4, 0.5) is 13.2 Å². The fourth-order valence-electron chi connectivity index (χ4n) is 1.92. The Hall–Kier alpha value is -0.300. The van der Waals surface area contributed by atoms with Crippen molar-refractivity contribution in [1.82, 2.24) is 5.32 Å². The lowest BCUT2D eigenvalue weighted by Crippen LogP contribution is -2.25. The van der Waals surface area contributed by atoms with Gasteiger partial charge in [0, 0.05) is 12.5 Å². The molecule has 7 heteroatoms. The van der Waals surface area contributed by atoms with Gasteiger partial charge in [-0.15, -0.1) is 0 Å². The minimum Gasteiger partial charge on any atom is -0.314 e. The van der Waals surface area contributed by atoms with E-state index in [1.165, 1.54) is 0 Å². The molecule has 1 aliphatic heterocycles. The van der Waals surface area contributed by atoms with Crippen LogP contribution in [-0.4, -0.2) is 38.7 Å². The van der Waals surface area contributed by atoms with Gasteiger partial charge in [0.2, 0.25) is 0 Å². The van der Waals surface area contributed by atoms with Gasteiger partial charge in [-0.05, 0) is 32.2 Å². The summed E-state index contributed by atoms with van der Waals surface area (Å²) in [7, 11) is -3.33. The van der Waals surface area contributed by atoms with E-state index in [1.807, 2.05) is 0 Å². The van der Waals surface area contributed by atoms with Crippen molar-refractivity contribution < 1.29 is 21.6 Å². The van der Waals surface area contributed by atoms with Crippen molar-refractivity contribution in [2.75, 3.05) is 18.1 Å². The maximum Gasteiger partial charge on any atom is 0.389 e. The second-order valence-electron chi connectivity index (χ2n) is 4.45. The van der Waals surface area contributed by atoms with Crippen LogP contribution in [0.25, 0.3) is 0 Å². The summed E-state index contributed by atoms with van der Waals surface area (Å²) in [5.41, 5.74) is 0. The molecule has 0 aliphatic carbocycles. The summed E-state index contributed by atoms with van der Waals surface area (Å²) < 4.78 is 58.5. The van der Waals surface area contributed by atoms with Crippen LogP contribution in [0.2, 0.25) is 0 Å². The first-order valence-electron chi connectivity index (χ1n) is 5.79. The van der Waals surface area contributed by atoms with Crippen molar-refractivity contribution in [1.29, 1.82) is 0 Å². The van der Waals surface area contributed by atoms with Gasteiger partial charge in [0.25, 0.3) is 0 Å². The Morgan fingerprint density at radius 2 is 1.94 bits per heavy atom. The molecular weight excluding hydrogens is 255 g/mol. The molecule has 1 atom stereocenters. The first kappa shape index (κ1) is 14.8. The molecule has 1 saturated heterocycles. The lowest BCUT2D eigenvalue weighted by Gasteiger charge is -2.10. The van der Waals surface area contributed by atoms with E-state index in [1.54, 1.807) is 0 Å². The summed E-state index contributed by atoms with van der Waals surface area (Å²) in [6, 6.07) is 0.215. The second-order valence-corrected chi connectivity index (χ2v) is 6.76. The summed E-state index contributed by atoms with van der Waals surface area (Å²) in [5.74, 6) is -0.373. The summed E-state index contributed by atoms with van der Waals surface area (Å²) in [5, 5.41) is 3.17. The maximum atomic E-state index is 11.9. The molecule has 0 aromatic rings. The van der Waals surface area contributed by atoms with Gasteiger partial charge in [-0.25, -0.2) is 8.42 Å². The van der Waals surface area contributed by atoms with Crippen molar-refractivity contribution >= 4 is 9.84 Å². The van der Waals surface area contributed by atoms with Crippen LogP contribution < -0.4 is 5.32 Å². The lowest BCUT2D eigenvalue weighted by molar-refractivity contribution is -0.134. The SMILES string of the molecule is O=S(=O)(CCCC(F)(F)F)CC[C@H]1CCCN1. The zero-order chi connectivity index (χ0) is 12.9. The monoisotopic (exact) mass is 273 g/mol. The van der Waals surface area contributed by atoms with Crippen molar-refractivity contribution in [3.63, 3.8) is 0 Å². The van der Waals surface area contributed by atoms with Crippen molar-refractivity contribution in [3.05, 3.63) is 0 Å². The second kappa shape index (κ2) is 6.04. The molecule has 102 valence electrons. The number of halogens is 3. The minimum atomic E-state index is -4.26. The van der Waals surface area contributed by atoms with E-state index in [2.05, 4.69) is 5.32 Å². The third-order valence-electron chi connectivity index (χ3n) is 2.86. The largest absolute Gasteiger partial charge is 0.389 e. The van der Waals surface area contributed by atoms with Gasteiger partial charge in [0.05, 0.1) is 11.5 Å². The number of nitrogens with one attached hydrogen (secondary N) is 1. The summed E-state index contributed by atoms with van der Waals surface area (Å²) in [6.07, 6.45) is -3.11. The van der Waals surface area contributed by atoms with Crippen LogP contribution in [0.5, 0.6) is 0 Å². The highest BCUT2D eigenvalue weighted by molar-refractivity contribution is 7.91. The fourth-order valence-corrected chi connectivity index (χ4v) is 3.35. The van der Waals surface area contributed by atoms with E-state index >= 15 is 0 Å². The quantitative estimate of drug-likeness (QED) is 0.804. The van der Waals surface area contributed by atoms with Crippen molar-refractivity contribution in [2.24, 2.45) is 0 Å². The molecule has 0 radical (unpaired) electrons. The summed E-state index contributed by atoms with van der Waals surface area (Å²) in [4.78, 5) is 0. The average molecular weight is 273 g/mol. The normalized spacial score (nSPS) is 21.9. The van der Waals surface area contributed by atoms with Gasteiger partial charge in [-0.3, -0.25) is 0 Å². The first-order chi connectivity index (χ1) is 7.79. The molecule has 17 heavy (non-hydrogen) atoms. The Kier molecular flexibility index (Phi) is 5.24. The Balaban J connectivity index is 2.21. The number of sulfone groups is 1. The van der Waals surface area contributed by atoms with Crippen molar-refractivity contribution in [2.45, 2.75) is 44.3 Å². The summed E-state index contributed by atoms with van der Waals surface area (Å²) in [6.45, 7) is 0.902. The van der Waals surface area contributed by atoms with E-state index in [4.69, 9.17) is 0 Å². The Morgan fingerprint density at radius 3 is 2.47 bits per heavy atom.